The zero-order valence-electron chi connectivity index (χ0n) is 16.8. The van der Waals surface area contributed by atoms with E-state index in [1.54, 1.807) is 31.2 Å². The average Bonchev–Trinajstić information content (AvgIpc) is 3.47. The van der Waals surface area contributed by atoms with Crippen molar-refractivity contribution < 1.29 is 13.9 Å². The standard InChI is InChI=1S/C22H17F2N5OS.BrH/c1-14(21-28-20(10-31-21)16-4-2-15(9-25)3-5-16)22(30,11-29-13-26-12-27-29)18-8-17(23)6-7-19(18)24;/h2-8,10,12-14,30H,11H2,1H3;1H/t14-,22-;/m1./s1. The maximum absolute atomic E-state index is 14.7. The van der Waals surface area contributed by atoms with E-state index in [-0.39, 0.29) is 29.1 Å². The van der Waals surface area contributed by atoms with Crippen LogP contribution in [0.25, 0.3) is 11.3 Å². The number of benzene rings is 2. The molecule has 0 saturated carbocycles. The first-order chi connectivity index (χ1) is 14.9. The molecule has 2 aromatic heterocycles. The van der Waals surface area contributed by atoms with Gasteiger partial charge in [-0.15, -0.1) is 28.3 Å². The third-order valence-corrected chi connectivity index (χ3v) is 6.21. The van der Waals surface area contributed by atoms with Crippen molar-refractivity contribution in [3.63, 3.8) is 0 Å². The number of nitriles is 1. The Bertz CT molecular complexity index is 1240. The van der Waals surface area contributed by atoms with Gasteiger partial charge < -0.3 is 5.11 Å². The van der Waals surface area contributed by atoms with Crippen LogP contribution in [0.15, 0.2) is 60.5 Å². The Morgan fingerprint density at radius 3 is 2.62 bits per heavy atom. The van der Waals surface area contributed by atoms with E-state index >= 15 is 0 Å². The predicted octanol–water partition coefficient (Wildman–Crippen LogP) is 4.82. The first-order valence-electron chi connectivity index (χ1n) is 9.37. The minimum atomic E-state index is -1.83. The van der Waals surface area contributed by atoms with Gasteiger partial charge in [0.25, 0.3) is 0 Å². The van der Waals surface area contributed by atoms with Crippen molar-refractivity contribution in [2.75, 3.05) is 0 Å². The van der Waals surface area contributed by atoms with Gasteiger partial charge in [-0.05, 0) is 30.3 Å². The molecule has 0 spiro atoms. The molecular weight excluding hydrogens is 500 g/mol. The molecule has 10 heteroatoms. The van der Waals surface area contributed by atoms with Gasteiger partial charge in [-0.1, -0.05) is 19.1 Å². The highest BCUT2D eigenvalue weighted by molar-refractivity contribution is 8.93. The smallest absolute Gasteiger partial charge is 0.137 e. The van der Waals surface area contributed by atoms with Crippen LogP contribution in [0.5, 0.6) is 0 Å². The first-order valence-corrected chi connectivity index (χ1v) is 10.2. The summed E-state index contributed by atoms with van der Waals surface area (Å²) < 4.78 is 30.0. The van der Waals surface area contributed by atoms with Crippen molar-refractivity contribution in [2.45, 2.75) is 25.0 Å². The van der Waals surface area contributed by atoms with Crippen LogP contribution in [0.1, 0.15) is 29.0 Å². The fraction of sp³-hybridized carbons (Fsp3) is 0.182. The van der Waals surface area contributed by atoms with E-state index in [2.05, 4.69) is 21.1 Å². The summed E-state index contributed by atoms with van der Waals surface area (Å²) in [5, 5.41) is 27.0. The van der Waals surface area contributed by atoms with Crippen LogP contribution in [0.2, 0.25) is 0 Å². The summed E-state index contributed by atoms with van der Waals surface area (Å²) in [6, 6.07) is 12.0. The molecule has 2 atom stereocenters. The molecule has 0 unspecified atom stereocenters. The second-order valence-corrected chi connectivity index (χ2v) is 8.01. The maximum atomic E-state index is 14.7. The van der Waals surface area contributed by atoms with E-state index < -0.39 is 23.2 Å². The van der Waals surface area contributed by atoms with Crippen LogP contribution in [-0.4, -0.2) is 24.9 Å². The van der Waals surface area contributed by atoms with Gasteiger partial charge in [-0.3, -0.25) is 0 Å². The number of aliphatic hydroxyl groups is 1. The van der Waals surface area contributed by atoms with E-state index in [0.717, 1.165) is 23.8 Å². The second-order valence-electron chi connectivity index (χ2n) is 7.12. The van der Waals surface area contributed by atoms with Gasteiger partial charge in [0.15, 0.2) is 0 Å². The fourth-order valence-electron chi connectivity index (χ4n) is 3.38. The number of nitrogens with zero attached hydrogens (tertiary/aromatic N) is 5. The van der Waals surface area contributed by atoms with Crippen LogP contribution in [0.3, 0.4) is 0 Å². The van der Waals surface area contributed by atoms with Crippen LogP contribution in [-0.2, 0) is 12.1 Å². The Morgan fingerprint density at radius 1 is 1.22 bits per heavy atom. The maximum Gasteiger partial charge on any atom is 0.137 e. The van der Waals surface area contributed by atoms with Gasteiger partial charge >= 0.3 is 0 Å². The van der Waals surface area contributed by atoms with E-state index in [0.29, 0.717) is 16.3 Å². The van der Waals surface area contributed by atoms with Crippen LogP contribution >= 0.6 is 28.3 Å². The Morgan fingerprint density at radius 2 is 1.97 bits per heavy atom. The quantitative estimate of drug-likeness (QED) is 0.396. The highest BCUT2D eigenvalue weighted by Gasteiger charge is 2.41. The first kappa shape index (κ1) is 23.7. The van der Waals surface area contributed by atoms with Crippen molar-refractivity contribution in [1.82, 2.24) is 19.7 Å². The molecule has 0 amide bonds. The second kappa shape index (κ2) is 9.65. The lowest BCUT2D eigenvalue weighted by Gasteiger charge is -2.33. The topological polar surface area (TPSA) is 87.6 Å². The molecule has 4 aromatic rings. The summed E-state index contributed by atoms with van der Waals surface area (Å²) in [6.45, 7) is 1.57. The monoisotopic (exact) mass is 517 g/mol. The third kappa shape index (κ3) is 4.60. The van der Waals surface area contributed by atoms with Crippen molar-refractivity contribution in [3.05, 3.63) is 88.3 Å². The molecule has 2 aromatic carbocycles. The molecule has 0 fully saturated rings. The SMILES string of the molecule is Br.C[C@H](c1nc(-c2ccc(C#N)cc2)cs1)[C@](O)(Cn1cncn1)c1cc(F)ccc1F. The largest absolute Gasteiger partial charge is 0.382 e. The molecular formula is C22H18BrF2N5OS. The molecule has 2 heterocycles. The van der Waals surface area contributed by atoms with E-state index in [9.17, 15) is 13.9 Å². The summed E-state index contributed by atoms with van der Waals surface area (Å²) in [5.74, 6) is -2.07. The number of hydrogen-bond donors (Lipinski definition) is 1. The zero-order chi connectivity index (χ0) is 22.0. The van der Waals surface area contributed by atoms with Gasteiger partial charge in [0, 0.05) is 22.4 Å². The summed E-state index contributed by atoms with van der Waals surface area (Å²) in [6.07, 6.45) is 2.71. The molecule has 6 nitrogen and oxygen atoms in total. The lowest BCUT2D eigenvalue weighted by Crippen LogP contribution is -2.38. The van der Waals surface area contributed by atoms with E-state index in [4.69, 9.17) is 5.26 Å². The zero-order valence-corrected chi connectivity index (χ0v) is 19.3. The lowest BCUT2D eigenvalue weighted by molar-refractivity contribution is -0.0114. The summed E-state index contributed by atoms with van der Waals surface area (Å²) in [4.78, 5) is 8.49. The summed E-state index contributed by atoms with van der Waals surface area (Å²) in [7, 11) is 0. The van der Waals surface area contributed by atoms with Crippen molar-refractivity contribution in [3.8, 4) is 17.3 Å². The van der Waals surface area contributed by atoms with Crippen molar-refractivity contribution >= 4 is 28.3 Å². The Hall–Kier alpha value is -3.00. The molecule has 0 aliphatic rings. The number of thiazole rings is 1. The Labute approximate surface area is 197 Å². The minimum Gasteiger partial charge on any atom is -0.382 e. The molecule has 0 aliphatic carbocycles. The molecule has 164 valence electrons. The Kier molecular flexibility index (Phi) is 7.13. The van der Waals surface area contributed by atoms with E-state index in [1.807, 2.05) is 5.38 Å². The van der Waals surface area contributed by atoms with Crippen molar-refractivity contribution in [2.24, 2.45) is 0 Å². The highest BCUT2D eigenvalue weighted by Crippen LogP contribution is 2.41. The lowest BCUT2D eigenvalue weighted by atomic mass is 9.82. The van der Waals surface area contributed by atoms with Crippen LogP contribution in [0, 0.1) is 23.0 Å². The van der Waals surface area contributed by atoms with Gasteiger partial charge in [0.1, 0.15) is 29.9 Å². The average molecular weight is 518 g/mol. The number of rotatable bonds is 6. The predicted molar refractivity (Wildman–Crippen MR) is 121 cm³/mol. The van der Waals surface area contributed by atoms with Crippen molar-refractivity contribution in [1.29, 1.82) is 5.26 Å². The van der Waals surface area contributed by atoms with Gasteiger partial charge in [-0.25, -0.2) is 23.4 Å². The van der Waals surface area contributed by atoms with Gasteiger partial charge in [0.2, 0.25) is 0 Å². The van der Waals surface area contributed by atoms with Gasteiger partial charge in [0.05, 0.1) is 28.9 Å². The summed E-state index contributed by atoms with van der Waals surface area (Å²) >= 11 is 1.31. The van der Waals surface area contributed by atoms with Crippen LogP contribution in [0.4, 0.5) is 8.78 Å². The molecule has 4 rings (SSSR count). The normalized spacial score (nSPS) is 13.6. The van der Waals surface area contributed by atoms with Crippen LogP contribution < -0.4 is 0 Å². The number of halogens is 3. The molecule has 0 radical (unpaired) electrons. The molecule has 32 heavy (non-hydrogen) atoms. The van der Waals surface area contributed by atoms with Gasteiger partial charge in [-0.2, -0.15) is 10.4 Å². The third-order valence-electron chi connectivity index (χ3n) is 5.18. The molecule has 1 N–H and O–H groups in total. The molecule has 0 aliphatic heterocycles. The summed E-state index contributed by atoms with van der Waals surface area (Å²) in [5.41, 5.74) is 0.00578. The molecule has 0 saturated heterocycles. The van der Waals surface area contributed by atoms with E-state index in [1.165, 1.54) is 28.7 Å². The Balaban J connectivity index is 0.00000289. The fourth-order valence-corrected chi connectivity index (χ4v) is 4.36. The number of aromatic nitrogens is 4. The minimum absolute atomic E-state index is 0. The molecule has 0 bridgehead atoms. The number of hydrogen-bond acceptors (Lipinski definition) is 6. The highest BCUT2D eigenvalue weighted by atomic mass is 79.9.